The van der Waals surface area contributed by atoms with Crippen molar-refractivity contribution >= 4 is 20.0 Å². The number of carbonyl (C=O) groups excluding carboxylic acids is 1. The Bertz CT molecular complexity index is 507. The molecule has 4 nitrogen and oxygen atoms in total. The van der Waals surface area contributed by atoms with Gasteiger partial charge in [-0.2, -0.15) is 0 Å². The molecule has 0 spiro atoms. The van der Waals surface area contributed by atoms with E-state index in [1.54, 1.807) is 6.07 Å². The third-order valence-electron chi connectivity index (χ3n) is 4.10. The highest BCUT2D eigenvalue weighted by molar-refractivity contribution is 6.74. The number of hydrogen-bond donors (Lipinski definition) is 1. The van der Waals surface area contributed by atoms with Crippen LogP contribution >= 0.6 is 0 Å². The average molecular weight is 309 g/mol. The second-order valence-corrected chi connectivity index (χ2v) is 11.6. The summed E-state index contributed by atoms with van der Waals surface area (Å²) in [6.07, 6.45) is 0.738. The number of esters is 1. The van der Waals surface area contributed by atoms with Crippen LogP contribution in [0.2, 0.25) is 18.1 Å². The Morgan fingerprint density at radius 2 is 1.86 bits per heavy atom. The molecule has 1 rings (SSSR count). The van der Waals surface area contributed by atoms with Gasteiger partial charge in [0, 0.05) is 12.3 Å². The highest BCUT2D eigenvalue weighted by Gasteiger charge is 2.36. The Kier molecular flexibility index (Phi) is 5.59. The fourth-order valence-electron chi connectivity index (χ4n) is 1.74. The molecular formula is C16H27NO3Si. The second-order valence-electron chi connectivity index (χ2n) is 6.81. The maximum Gasteiger partial charge on any atom is 0.337 e. The molecular weight excluding hydrogens is 282 g/mol. The lowest BCUT2D eigenvalue weighted by atomic mass is 10.1. The Morgan fingerprint density at radius 3 is 2.38 bits per heavy atom. The monoisotopic (exact) mass is 309 g/mol. The summed E-state index contributed by atoms with van der Waals surface area (Å²) >= 11 is 0. The van der Waals surface area contributed by atoms with E-state index in [1.807, 2.05) is 12.1 Å². The van der Waals surface area contributed by atoms with Crippen LogP contribution in [-0.2, 0) is 15.6 Å². The Labute approximate surface area is 128 Å². The molecule has 1 aromatic carbocycles. The third kappa shape index (κ3) is 4.86. The number of carbonyl (C=O) groups is 1. The number of ether oxygens (including phenoxy) is 1. The molecule has 2 N–H and O–H groups in total. The van der Waals surface area contributed by atoms with Gasteiger partial charge in [0.05, 0.1) is 12.7 Å². The van der Waals surface area contributed by atoms with Crippen molar-refractivity contribution in [2.45, 2.75) is 45.3 Å². The van der Waals surface area contributed by atoms with Crippen molar-refractivity contribution in [3.05, 3.63) is 29.3 Å². The largest absolute Gasteiger partial charge is 0.465 e. The van der Waals surface area contributed by atoms with Crippen LogP contribution in [-0.4, -0.2) is 28.0 Å². The second kappa shape index (κ2) is 6.62. The van der Waals surface area contributed by atoms with E-state index in [0.717, 1.165) is 12.0 Å². The molecule has 0 saturated carbocycles. The predicted octanol–water partition coefficient (Wildman–Crippen LogP) is 3.62. The summed E-state index contributed by atoms with van der Waals surface area (Å²) in [6, 6.07) is 5.32. The summed E-state index contributed by atoms with van der Waals surface area (Å²) in [6.45, 7) is 11.7. The number of nitrogen functional groups attached to an aromatic ring is 1. The normalized spacial score (nSPS) is 12.3. The quantitative estimate of drug-likeness (QED) is 0.512. The zero-order valence-corrected chi connectivity index (χ0v) is 14.9. The highest BCUT2D eigenvalue weighted by Crippen LogP contribution is 2.36. The minimum absolute atomic E-state index is 0.194. The van der Waals surface area contributed by atoms with Crippen LogP contribution in [0.4, 0.5) is 5.69 Å². The molecule has 0 fully saturated rings. The number of hydrogen-bond acceptors (Lipinski definition) is 4. The number of nitrogens with two attached hydrogens (primary N) is 1. The van der Waals surface area contributed by atoms with Crippen LogP contribution in [0.25, 0.3) is 0 Å². The predicted molar refractivity (Wildman–Crippen MR) is 89.0 cm³/mol. The van der Waals surface area contributed by atoms with E-state index in [0.29, 0.717) is 17.9 Å². The number of anilines is 1. The molecule has 0 atom stereocenters. The van der Waals surface area contributed by atoms with E-state index in [2.05, 4.69) is 33.9 Å². The Hall–Kier alpha value is -1.33. The first-order valence-electron chi connectivity index (χ1n) is 7.18. The molecule has 0 saturated heterocycles. The van der Waals surface area contributed by atoms with Crippen LogP contribution < -0.4 is 5.73 Å². The van der Waals surface area contributed by atoms with Crippen LogP contribution in [0, 0.1) is 0 Å². The van der Waals surface area contributed by atoms with Gasteiger partial charge in [-0.05, 0) is 48.3 Å². The van der Waals surface area contributed by atoms with Gasteiger partial charge < -0.3 is 14.9 Å². The molecule has 118 valence electrons. The number of rotatable bonds is 5. The molecule has 0 aromatic heterocycles. The molecule has 0 unspecified atom stereocenters. The molecule has 0 amide bonds. The topological polar surface area (TPSA) is 61.5 Å². The Balaban J connectivity index is 2.72. The van der Waals surface area contributed by atoms with Gasteiger partial charge >= 0.3 is 5.97 Å². The molecule has 0 aliphatic carbocycles. The van der Waals surface area contributed by atoms with Gasteiger partial charge in [-0.15, -0.1) is 0 Å². The first kappa shape index (κ1) is 17.7. The van der Waals surface area contributed by atoms with Gasteiger partial charge in [-0.3, -0.25) is 0 Å². The number of methoxy groups -OCH3 is 1. The standard InChI is InChI=1S/C16H27NO3Si/c1-16(2,3)21(5,6)20-8-7-12-9-13(15(18)19-4)11-14(17)10-12/h9-11H,7-8,17H2,1-6H3. The van der Waals surface area contributed by atoms with E-state index in [4.69, 9.17) is 14.9 Å². The zero-order valence-electron chi connectivity index (χ0n) is 13.9. The summed E-state index contributed by atoms with van der Waals surface area (Å²) in [5.41, 5.74) is 7.89. The van der Waals surface area contributed by atoms with Crippen LogP contribution in [0.5, 0.6) is 0 Å². The SMILES string of the molecule is COC(=O)c1cc(N)cc(CCO[Si](C)(C)C(C)(C)C)c1. The van der Waals surface area contributed by atoms with Gasteiger partial charge in [0.1, 0.15) is 0 Å². The molecule has 21 heavy (non-hydrogen) atoms. The molecule has 0 aliphatic rings. The maximum absolute atomic E-state index is 11.6. The van der Waals surface area contributed by atoms with Gasteiger partial charge in [-0.25, -0.2) is 4.79 Å². The van der Waals surface area contributed by atoms with Crippen molar-refractivity contribution in [3.8, 4) is 0 Å². The summed E-state index contributed by atoms with van der Waals surface area (Å²) in [4.78, 5) is 11.6. The van der Waals surface area contributed by atoms with Crippen LogP contribution in [0.1, 0.15) is 36.7 Å². The van der Waals surface area contributed by atoms with Crippen LogP contribution in [0.15, 0.2) is 18.2 Å². The van der Waals surface area contributed by atoms with Crippen molar-refractivity contribution in [2.75, 3.05) is 19.5 Å². The van der Waals surface area contributed by atoms with Crippen molar-refractivity contribution in [2.24, 2.45) is 0 Å². The molecule has 1 aromatic rings. The lowest BCUT2D eigenvalue weighted by molar-refractivity contribution is 0.0600. The Morgan fingerprint density at radius 1 is 1.24 bits per heavy atom. The van der Waals surface area contributed by atoms with Gasteiger partial charge in [-0.1, -0.05) is 20.8 Å². The molecule has 5 heteroatoms. The maximum atomic E-state index is 11.6. The van der Waals surface area contributed by atoms with E-state index in [-0.39, 0.29) is 11.0 Å². The first-order chi connectivity index (χ1) is 9.56. The van der Waals surface area contributed by atoms with Crippen molar-refractivity contribution in [3.63, 3.8) is 0 Å². The minimum Gasteiger partial charge on any atom is -0.465 e. The molecule has 0 aliphatic heterocycles. The zero-order chi connectivity index (χ0) is 16.3. The third-order valence-corrected chi connectivity index (χ3v) is 8.63. The summed E-state index contributed by atoms with van der Waals surface area (Å²) in [5.74, 6) is -0.367. The van der Waals surface area contributed by atoms with Gasteiger partial charge in [0.25, 0.3) is 0 Å². The highest BCUT2D eigenvalue weighted by atomic mass is 28.4. The van der Waals surface area contributed by atoms with E-state index >= 15 is 0 Å². The summed E-state index contributed by atoms with van der Waals surface area (Å²) < 4.78 is 10.9. The van der Waals surface area contributed by atoms with Gasteiger partial charge in [0.2, 0.25) is 0 Å². The fourth-order valence-corrected chi connectivity index (χ4v) is 2.78. The molecule has 0 radical (unpaired) electrons. The molecule has 0 heterocycles. The lowest BCUT2D eigenvalue weighted by Crippen LogP contribution is -2.41. The average Bonchev–Trinajstić information content (AvgIpc) is 2.35. The first-order valence-corrected chi connectivity index (χ1v) is 10.1. The van der Waals surface area contributed by atoms with Crippen molar-refractivity contribution in [1.82, 2.24) is 0 Å². The molecule has 0 bridgehead atoms. The van der Waals surface area contributed by atoms with Crippen molar-refractivity contribution < 1.29 is 14.0 Å². The lowest BCUT2D eigenvalue weighted by Gasteiger charge is -2.36. The smallest absolute Gasteiger partial charge is 0.337 e. The minimum atomic E-state index is -1.74. The van der Waals surface area contributed by atoms with Crippen molar-refractivity contribution in [1.29, 1.82) is 0 Å². The van der Waals surface area contributed by atoms with Crippen LogP contribution in [0.3, 0.4) is 0 Å². The summed E-state index contributed by atoms with van der Waals surface area (Å²) in [5, 5.41) is 0.194. The fraction of sp³-hybridized carbons (Fsp3) is 0.562. The number of benzene rings is 1. The van der Waals surface area contributed by atoms with E-state index in [1.165, 1.54) is 7.11 Å². The van der Waals surface area contributed by atoms with Gasteiger partial charge in [0.15, 0.2) is 8.32 Å². The van der Waals surface area contributed by atoms with E-state index in [9.17, 15) is 4.79 Å². The van der Waals surface area contributed by atoms with E-state index < -0.39 is 8.32 Å². The summed E-state index contributed by atoms with van der Waals surface area (Å²) in [7, 11) is -0.371.